The van der Waals surface area contributed by atoms with Crippen LogP contribution in [0.4, 0.5) is 0 Å². The van der Waals surface area contributed by atoms with Crippen LogP contribution in [0.5, 0.6) is 0 Å². The van der Waals surface area contributed by atoms with Crippen LogP contribution in [0.15, 0.2) is 46.3 Å². The molecule has 0 atom stereocenters. The first-order chi connectivity index (χ1) is 15.3. The Morgan fingerprint density at radius 3 is 2.50 bits per heavy atom. The number of amides is 1. The van der Waals surface area contributed by atoms with Gasteiger partial charge in [0.25, 0.3) is 5.91 Å². The molecule has 0 bridgehead atoms. The van der Waals surface area contributed by atoms with E-state index in [0.29, 0.717) is 41.6 Å². The number of sulfonamides is 1. The highest BCUT2D eigenvalue weighted by Crippen LogP contribution is 2.27. The Bertz CT molecular complexity index is 1320. The number of aryl methyl sites for hydroxylation is 1. The molecule has 3 aromatic rings. The van der Waals surface area contributed by atoms with E-state index >= 15 is 0 Å². The summed E-state index contributed by atoms with van der Waals surface area (Å²) >= 11 is 7.72. The lowest BCUT2D eigenvalue weighted by Crippen LogP contribution is -2.27. The number of hydrogen-bond acceptors (Lipinski definition) is 5. The molecule has 0 unspecified atom stereocenters. The Balaban J connectivity index is 1.69. The highest BCUT2D eigenvalue weighted by molar-refractivity contribution is 7.89. The van der Waals surface area contributed by atoms with Gasteiger partial charge in [-0.1, -0.05) is 22.9 Å². The average Bonchev–Trinajstić information content (AvgIpc) is 3.44. The van der Waals surface area contributed by atoms with E-state index in [1.54, 1.807) is 7.11 Å². The van der Waals surface area contributed by atoms with Gasteiger partial charge in [-0.05, 0) is 61.7 Å². The largest absolute Gasteiger partial charge is 0.383 e. The van der Waals surface area contributed by atoms with Crippen LogP contribution < -0.4 is 4.80 Å². The van der Waals surface area contributed by atoms with E-state index < -0.39 is 15.9 Å². The number of benzene rings is 2. The smallest absolute Gasteiger partial charge is 0.279 e. The zero-order chi connectivity index (χ0) is 22.9. The first-order valence-electron chi connectivity index (χ1n) is 10.3. The molecule has 0 N–H and O–H groups in total. The van der Waals surface area contributed by atoms with Crippen molar-refractivity contribution in [1.29, 1.82) is 0 Å². The highest BCUT2D eigenvalue weighted by Gasteiger charge is 2.27. The molecule has 4 rings (SSSR count). The van der Waals surface area contributed by atoms with Crippen LogP contribution in [0.1, 0.15) is 28.8 Å². The second-order valence-electron chi connectivity index (χ2n) is 7.60. The number of nitrogens with zero attached hydrogens (tertiary/aromatic N) is 3. The number of carbonyl (C=O) groups excluding carboxylic acids is 1. The summed E-state index contributed by atoms with van der Waals surface area (Å²) in [6.45, 7) is 4.00. The molecule has 0 saturated carbocycles. The Labute approximate surface area is 196 Å². The lowest BCUT2D eigenvalue weighted by Gasteiger charge is -2.15. The lowest BCUT2D eigenvalue weighted by molar-refractivity contribution is 0.0997. The van der Waals surface area contributed by atoms with Gasteiger partial charge in [0.2, 0.25) is 10.0 Å². The fourth-order valence-electron chi connectivity index (χ4n) is 3.79. The van der Waals surface area contributed by atoms with E-state index in [1.807, 2.05) is 23.6 Å². The van der Waals surface area contributed by atoms with Gasteiger partial charge in [-0.2, -0.15) is 9.30 Å². The quantitative estimate of drug-likeness (QED) is 0.522. The number of fused-ring (bicyclic) bond motifs is 1. The topological polar surface area (TPSA) is 81.0 Å². The Kier molecular flexibility index (Phi) is 6.83. The summed E-state index contributed by atoms with van der Waals surface area (Å²) in [7, 11) is -1.90. The van der Waals surface area contributed by atoms with Crippen LogP contribution >= 0.6 is 22.9 Å². The van der Waals surface area contributed by atoms with Gasteiger partial charge < -0.3 is 9.30 Å². The molecular formula is C22H24ClN3O4S2. The summed E-state index contributed by atoms with van der Waals surface area (Å²) in [4.78, 5) is 18.0. The second-order valence-corrected chi connectivity index (χ2v) is 11.0. The van der Waals surface area contributed by atoms with Crippen LogP contribution in [0.25, 0.3) is 10.2 Å². The third kappa shape index (κ3) is 4.40. The van der Waals surface area contributed by atoms with Gasteiger partial charge in [0.1, 0.15) is 0 Å². The molecule has 0 radical (unpaired) electrons. The van der Waals surface area contributed by atoms with Crippen molar-refractivity contribution < 1.29 is 17.9 Å². The van der Waals surface area contributed by atoms with Crippen molar-refractivity contribution in [2.45, 2.75) is 31.2 Å². The average molecular weight is 494 g/mol. The number of halogens is 1. The van der Waals surface area contributed by atoms with Gasteiger partial charge in [-0.15, -0.1) is 0 Å². The number of ether oxygens (including phenoxy) is 1. The fourth-order valence-corrected chi connectivity index (χ4v) is 6.57. The van der Waals surface area contributed by atoms with E-state index in [2.05, 4.69) is 4.99 Å². The summed E-state index contributed by atoms with van der Waals surface area (Å²) < 4.78 is 35.0. The minimum atomic E-state index is -3.52. The Morgan fingerprint density at radius 1 is 1.16 bits per heavy atom. The molecular weight excluding hydrogens is 470 g/mol. The van der Waals surface area contributed by atoms with Crippen molar-refractivity contribution in [1.82, 2.24) is 8.87 Å². The molecule has 32 heavy (non-hydrogen) atoms. The molecule has 2 aromatic carbocycles. The van der Waals surface area contributed by atoms with Crippen molar-refractivity contribution in [2.75, 3.05) is 26.8 Å². The molecule has 0 spiro atoms. The third-order valence-electron chi connectivity index (χ3n) is 5.55. The number of carbonyl (C=O) groups is 1. The molecule has 10 heteroatoms. The van der Waals surface area contributed by atoms with Gasteiger partial charge in [0, 0.05) is 37.3 Å². The van der Waals surface area contributed by atoms with Gasteiger partial charge in [0.15, 0.2) is 4.80 Å². The summed E-state index contributed by atoms with van der Waals surface area (Å²) in [6.07, 6.45) is 1.75. The maximum atomic E-state index is 12.9. The normalized spacial score (nSPS) is 15.7. The van der Waals surface area contributed by atoms with E-state index in [0.717, 1.165) is 28.6 Å². The van der Waals surface area contributed by atoms with Crippen LogP contribution in [0.3, 0.4) is 0 Å². The molecule has 1 aliphatic rings. The van der Waals surface area contributed by atoms with Crippen LogP contribution in [0.2, 0.25) is 5.02 Å². The molecule has 1 aliphatic heterocycles. The van der Waals surface area contributed by atoms with Gasteiger partial charge in [0.05, 0.1) is 21.7 Å². The first-order valence-corrected chi connectivity index (χ1v) is 12.9. The maximum absolute atomic E-state index is 12.9. The minimum absolute atomic E-state index is 0.193. The van der Waals surface area contributed by atoms with E-state index in [-0.39, 0.29) is 4.90 Å². The highest BCUT2D eigenvalue weighted by atomic mass is 35.5. The van der Waals surface area contributed by atoms with Gasteiger partial charge in [-0.25, -0.2) is 8.42 Å². The lowest BCUT2D eigenvalue weighted by atomic mass is 10.2. The van der Waals surface area contributed by atoms with Crippen LogP contribution in [-0.4, -0.2) is 50.0 Å². The molecule has 1 fully saturated rings. The number of hydrogen-bond donors (Lipinski definition) is 0. The van der Waals surface area contributed by atoms with Crippen LogP contribution in [-0.2, 0) is 21.3 Å². The minimum Gasteiger partial charge on any atom is -0.383 e. The fraction of sp³-hybridized carbons (Fsp3) is 0.364. The molecule has 170 valence electrons. The summed E-state index contributed by atoms with van der Waals surface area (Å²) in [6, 6.07) is 9.74. The molecule has 2 heterocycles. The molecule has 0 aliphatic carbocycles. The summed E-state index contributed by atoms with van der Waals surface area (Å²) in [5, 5.41) is 0.647. The predicted octanol–water partition coefficient (Wildman–Crippen LogP) is 3.84. The first kappa shape index (κ1) is 23.1. The van der Waals surface area contributed by atoms with Crippen molar-refractivity contribution >= 4 is 49.1 Å². The SMILES string of the molecule is COCCn1c(=NC(=O)c2ccc(S(=O)(=O)N3CCCC3)cc2)sc2ccc(Cl)c(C)c21. The number of rotatable bonds is 6. The Hall–Kier alpha value is -2.04. The van der Waals surface area contributed by atoms with Crippen molar-refractivity contribution in [2.24, 2.45) is 4.99 Å². The summed E-state index contributed by atoms with van der Waals surface area (Å²) in [5.74, 6) is -0.434. The van der Waals surface area contributed by atoms with Crippen LogP contribution in [0, 0.1) is 6.92 Å². The Morgan fingerprint density at radius 2 is 1.84 bits per heavy atom. The van der Waals surface area contributed by atoms with E-state index in [9.17, 15) is 13.2 Å². The monoisotopic (exact) mass is 493 g/mol. The number of thiazole rings is 1. The van der Waals surface area contributed by atoms with E-state index in [1.165, 1.54) is 39.9 Å². The van der Waals surface area contributed by atoms with Crippen molar-refractivity contribution in [3.8, 4) is 0 Å². The third-order valence-corrected chi connectivity index (χ3v) is 8.92. The van der Waals surface area contributed by atoms with Gasteiger partial charge in [-0.3, -0.25) is 4.79 Å². The predicted molar refractivity (Wildman–Crippen MR) is 126 cm³/mol. The molecule has 1 aromatic heterocycles. The maximum Gasteiger partial charge on any atom is 0.279 e. The number of aromatic nitrogens is 1. The number of methoxy groups -OCH3 is 1. The molecule has 1 amide bonds. The molecule has 7 nitrogen and oxygen atoms in total. The van der Waals surface area contributed by atoms with E-state index in [4.69, 9.17) is 16.3 Å². The van der Waals surface area contributed by atoms with Crippen molar-refractivity contribution in [3.05, 3.63) is 57.3 Å². The zero-order valence-corrected chi connectivity index (χ0v) is 20.3. The van der Waals surface area contributed by atoms with Crippen molar-refractivity contribution in [3.63, 3.8) is 0 Å². The second kappa shape index (κ2) is 9.44. The molecule has 1 saturated heterocycles. The zero-order valence-electron chi connectivity index (χ0n) is 17.9. The standard InChI is InChI=1S/C22H24ClN3O4S2/c1-15-18(23)9-10-19-20(15)26(13-14-30-2)22(31-19)24-21(27)16-5-7-17(8-6-16)32(28,29)25-11-3-4-12-25/h5-10H,3-4,11-14H2,1-2H3. The summed E-state index contributed by atoms with van der Waals surface area (Å²) in [5.41, 5.74) is 2.18. The van der Waals surface area contributed by atoms with Gasteiger partial charge >= 0.3 is 0 Å².